The minimum atomic E-state index is -0.337. The van der Waals surface area contributed by atoms with Crippen molar-refractivity contribution in [2.24, 2.45) is 0 Å². The maximum atomic E-state index is 12.7. The fraction of sp³-hybridized carbons (Fsp3) is 0.391. The van der Waals surface area contributed by atoms with E-state index in [1.807, 2.05) is 30.3 Å². The molecule has 2 unspecified atom stereocenters. The van der Waals surface area contributed by atoms with Crippen LogP contribution in [0.2, 0.25) is 10.0 Å². The number of anilines is 1. The Morgan fingerprint density at radius 1 is 0.935 bits per heavy atom. The highest BCUT2D eigenvalue weighted by Crippen LogP contribution is 2.34. The molecule has 0 aliphatic carbocycles. The predicted octanol–water partition coefficient (Wildman–Crippen LogP) is 3.74. The van der Waals surface area contributed by atoms with Gasteiger partial charge in [-0.25, -0.2) is 4.79 Å². The number of para-hydroxylation sites is 1. The van der Waals surface area contributed by atoms with Crippen LogP contribution in [0.25, 0.3) is 10.9 Å². The molecule has 8 heteroatoms. The molecule has 1 N–H and O–H groups in total. The molecule has 0 radical (unpaired) electrons. The number of fused-ring (bicyclic) bond motifs is 3. The molecule has 0 spiro atoms. The molecular weight excluding hydrogens is 435 g/mol. The van der Waals surface area contributed by atoms with E-state index in [2.05, 4.69) is 14.8 Å². The number of benzene rings is 2. The van der Waals surface area contributed by atoms with Crippen LogP contribution in [0.5, 0.6) is 0 Å². The Labute approximate surface area is 190 Å². The van der Waals surface area contributed by atoms with Crippen molar-refractivity contribution in [3.05, 3.63) is 73.3 Å². The Morgan fingerprint density at radius 2 is 1.68 bits per heavy atom. The third-order valence-corrected chi connectivity index (χ3v) is 7.33. The Kier molecular flexibility index (Phi) is 5.54. The van der Waals surface area contributed by atoms with E-state index in [1.54, 1.807) is 12.1 Å². The molecule has 1 aromatic heterocycles. The van der Waals surface area contributed by atoms with Gasteiger partial charge in [0.1, 0.15) is 0 Å². The molecule has 2 bridgehead atoms. The molecule has 0 saturated carbocycles. The number of aromatic amines is 1. The van der Waals surface area contributed by atoms with Crippen molar-refractivity contribution in [2.75, 3.05) is 24.5 Å². The van der Waals surface area contributed by atoms with Crippen LogP contribution in [-0.4, -0.2) is 46.2 Å². The molecule has 5 rings (SSSR count). The maximum Gasteiger partial charge on any atom is 0.328 e. The second-order valence-corrected chi connectivity index (χ2v) is 9.23. The first-order valence-electron chi connectivity index (χ1n) is 10.7. The minimum Gasteiger partial charge on any atom is -0.368 e. The van der Waals surface area contributed by atoms with Crippen molar-refractivity contribution in [3.8, 4) is 0 Å². The zero-order valence-corrected chi connectivity index (χ0v) is 18.6. The van der Waals surface area contributed by atoms with Crippen molar-refractivity contribution in [2.45, 2.75) is 37.9 Å². The molecule has 2 saturated heterocycles. The number of rotatable bonds is 5. The summed E-state index contributed by atoms with van der Waals surface area (Å²) >= 11 is 12.3. The molecule has 0 amide bonds. The quantitative estimate of drug-likeness (QED) is 0.632. The number of nitrogens with one attached hydrogen (secondary N) is 1. The molecule has 6 nitrogen and oxygen atoms in total. The Balaban J connectivity index is 1.26. The van der Waals surface area contributed by atoms with Crippen LogP contribution in [0.15, 0.2) is 52.1 Å². The first kappa shape index (κ1) is 20.6. The maximum absolute atomic E-state index is 12.7. The number of piperazine rings is 1. The van der Waals surface area contributed by atoms with Crippen LogP contribution < -0.4 is 16.1 Å². The molecule has 162 valence electrons. The summed E-state index contributed by atoms with van der Waals surface area (Å²) in [5.74, 6) is 0. The number of aromatic nitrogens is 2. The summed E-state index contributed by atoms with van der Waals surface area (Å²) in [5.41, 5.74) is 1.15. The third-order valence-electron chi connectivity index (χ3n) is 6.59. The highest BCUT2D eigenvalue weighted by Gasteiger charge is 2.39. The van der Waals surface area contributed by atoms with E-state index in [0.29, 0.717) is 39.6 Å². The lowest BCUT2D eigenvalue weighted by atomic mass is 10.1. The van der Waals surface area contributed by atoms with Crippen molar-refractivity contribution in [1.29, 1.82) is 0 Å². The van der Waals surface area contributed by atoms with E-state index in [-0.39, 0.29) is 11.2 Å². The van der Waals surface area contributed by atoms with Gasteiger partial charge < -0.3 is 9.88 Å². The van der Waals surface area contributed by atoms with Crippen molar-refractivity contribution in [1.82, 2.24) is 14.5 Å². The highest BCUT2D eigenvalue weighted by molar-refractivity contribution is 6.42. The van der Waals surface area contributed by atoms with Crippen LogP contribution in [0.4, 0.5) is 5.69 Å². The molecule has 2 aromatic carbocycles. The summed E-state index contributed by atoms with van der Waals surface area (Å²) in [6.45, 7) is 3.20. The summed E-state index contributed by atoms with van der Waals surface area (Å²) < 4.78 is 1.33. The Hall–Kier alpha value is -2.28. The summed E-state index contributed by atoms with van der Waals surface area (Å²) in [5, 5.41) is 1.71. The van der Waals surface area contributed by atoms with E-state index >= 15 is 0 Å². The molecule has 31 heavy (non-hydrogen) atoms. The minimum absolute atomic E-state index is 0.216. The van der Waals surface area contributed by atoms with Gasteiger partial charge in [-0.1, -0.05) is 35.3 Å². The average molecular weight is 459 g/mol. The molecule has 2 atom stereocenters. The lowest BCUT2D eigenvalue weighted by Crippen LogP contribution is -2.54. The van der Waals surface area contributed by atoms with Gasteiger partial charge in [0.25, 0.3) is 5.56 Å². The molecule has 2 fully saturated rings. The number of halogens is 2. The highest BCUT2D eigenvalue weighted by atomic mass is 35.5. The van der Waals surface area contributed by atoms with Crippen LogP contribution >= 0.6 is 23.2 Å². The number of hydrogen-bond donors (Lipinski definition) is 1. The number of hydrogen-bond acceptors (Lipinski definition) is 4. The zero-order chi connectivity index (χ0) is 21.5. The van der Waals surface area contributed by atoms with Crippen molar-refractivity contribution in [3.63, 3.8) is 0 Å². The average Bonchev–Trinajstić information content (AvgIpc) is 2.99. The summed E-state index contributed by atoms with van der Waals surface area (Å²) in [4.78, 5) is 32.9. The Morgan fingerprint density at radius 3 is 2.42 bits per heavy atom. The van der Waals surface area contributed by atoms with Crippen LogP contribution in [0.1, 0.15) is 19.3 Å². The molecule has 3 heterocycles. The summed E-state index contributed by atoms with van der Waals surface area (Å²) in [6.07, 6.45) is 3.10. The van der Waals surface area contributed by atoms with E-state index < -0.39 is 0 Å². The van der Waals surface area contributed by atoms with Crippen LogP contribution in [0, 0.1) is 0 Å². The zero-order valence-electron chi connectivity index (χ0n) is 17.1. The van der Waals surface area contributed by atoms with Crippen molar-refractivity contribution < 1.29 is 0 Å². The molecule has 2 aliphatic rings. The largest absolute Gasteiger partial charge is 0.368 e. The summed E-state index contributed by atoms with van der Waals surface area (Å²) in [6, 6.07) is 13.9. The van der Waals surface area contributed by atoms with Gasteiger partial charge in [0.15, 0.2) is 0 Å². The van der Waals surface area contributed by atoms with Gasteiger partial charge in [-0.3, -0.25) is 14.3 Å². The van der Waals surface area contributed by atoms with Gasteiger partial charge >= 0.3 is 5.69 Å². The van der Waals surface area contributed by atoms with Gasteiger partial charge in [-0.05, 0) is 49.6 Å². The first-order chi connectivity index (χ1) is 15.0. The lowest BCUT2D eigenvalue weighted by molar-refractivity contribution is 0.164. The Bertz CT molecular complexity index is 1220. The third kappa shape index (κ3) is 3.88. The van der Waals surface area contributed by atoms with E-state index in [9.17, 15) is 9.59 Å². The van der Waals surface area contributed by atoms with Gasteiger partial charge in [0, 0.05) is 44.0 Å². The van der Waals surface area contributed by atoms with Crippen molar-refractivity contribution >= 4 is 39.8 Å². The van der Waals surface area contributed by atoms with Gasteiger partial charge in [-0.15, -0.1) is 0 Å². The van der Waals surface area contributed by atoms with E-state index in [1.165, 1.54) is 17.4 Å². The van der Waals surface area contributed by atoms with Gasteiger partial charge in [-0.2, -0.15) is 0 Å². The fourth-order valence-electron chi connectivity index (χ4n) is 5.06. The first-order valence-corrected chi connectivity index (χ1v) is 11.4. The van der Waals surface area contributed by atoms with Crippen LogP contribution in [0.3, 0.4) is 0 Å². The van der Waals surface area contributed by atoms with Gasteiger partial charge in [0.05, 0.1) is 20.9 Å². The smallest absolute Gasteiger partial charge is 0.328 e. The second kappa shape index (κ2) is 8.34. The van der Waals surface area contributed by atoms with E-state index in [0.717, 1.165) is 31.7 Å². The number of H-pyrrole nitrogens is 1. The second-order valence-electron chi connectivity index (χ2n) is 8.41. The molecular formula is C23H24Cl2N4O2. The predicted molar refractivity (Wildman–Crippen MR) is 126 cm³/mol. The SMILES string of the molecule is O=c1[nH]c2ccccc2c(=O)n1CCCN1C2CCC1CN(c1ccc(Cl)c(Cl)c1)C2. The lowest BCUT2D eigenvalue weighted by Gasteiger charge is -2.42. The monoisotopic (exact) mass is 458 g/mol. The topological polar surface area (TPSA) is 61.3 Å². The summed E-state index contributed by atoms with van der Waals surface area (Å²) in [7, 11) is 0. The normalized spacial score (nSPS) is 21.2. The fourth-order valence-corrected chi connectivity index (χ4v) is 5.35. The standard InChI is InChI=1S/C23H24Cl2N4O2/c24-19-9-8-15(12-20(19)25)27-13-16-6-7-17(14-27)28(16)10-3-11-29-22(30)18-4-1-2-5-21(18)26-23(29)31/h1-2,4-5,8-9,12,16-17H,3,6-7,10-11,13-14H2,(H,26,31). The molecule has 2 aliphatic heterocycles. The molecule has 3 aromatic rings. The van der Waals surface area contributed by atoms with E-state index in [4.69, 9.17) is 23.2 Å². The van der Waals surface area contributed by atoms with Gasteiger partial charge in [0.2, 0.25) is 0 Å². The number of nitrogens with zero attached hydrogens (tertiary/aromatic N) is 3. The van der Waals surface area contributed by atoms with Crippen LogP contribution in [-0.2, 0) is 6.54 Å².